The molecule has 0 spiro atoms. The van der Waals surface area contributed by atoms with Gasteiger partial charge in [-0.15, -0.1) is 11.3 Å². The molecule has 0 radical (unpaired) electrons. The Bertz CT molecular complexity index is 1220. The van der Waals surface area contributed by atoms with Crippen LogP contribution in [-0.2, 0) is 13.3 Å². The Balaban J connectivity index is 1.34. The number of nitrogens with one attached hydrogen (secondary N) is 1. The van der Waals surface area contributed by atoms with Gasteiger partial charge in [-0.25, -0.2) is 4.68 Å². The Morgan fingerprint density at radius 2 is 2.06 bits per heavy atom. The zero-order valence-corrected chi connectivity index (χ0v) is 20.0. The molecule has 3 heterocycles. The lowest BCUT2D eigenvalue weighted by Crippen LogP contribution is -2.10. The predicted molar refractivity (Wildman–Crippen MR) is 125 cm³/mol. The number of aryl methyl sites for hydroxylation is 1. The molecule has 1 N–H and O–H groups in total. The van der Waals surface area contributed by atoms with Crippen molar-refractivity contribution < 1.29 is 9.53 Å². The van der Waals surface area contributed by atoms with E-state index in [1.165, 1.54) is 11.3 Å². The van der Waals surface area contributed by atoms with Crippen molar-refractivity contribution in [3.63, 3.8) is 0 Å². The fourth-order valence-electron chi connectivity index (χ4n) is 2.94. The van der Waals surface area contributed by atoms with Crippen molar-refractivity contribution in [2.75, 3.05) is 5.32 Å². The highest BCUT2D eigenvalue weighted by atomic mass is 79.9. The topological polar surface area (TPSA) is 74.0 Å². The molecule has 0 unspecified atom stereocenters. The first-order valence-corrected chi connectivity index (χ1v) is 11.4. The number of carbonyl (C=O) groups excluding carboxylic acids is 1. The van der Waals surface area contributed by atoms with Gasteiger partial charge in [-0.1, -0.05) is 27.5 Å². The van der Waals surface area contributed by atoms with E-state index in [1.54, 1.807) is 17.1 Å². The Hall–Kier alpha value is -2.62. The normalized spacial score (nSPS) is 11.0. The van der Waals surface area contributed by atoms with E-state index in [0.717, 1.165) is 27.2 Å². The molecule has 31 heavy (non-hydrogen) atoms. The first-order valence-electron chi connectivity index (χ1n) is 9.38. The summed E-state index contributed by atoms with van der Waals surface area (Å²) in [5, 5.41) is 14.2. The van der Waals surface area contributed by atoms with Crippen LogP contribution in [0.15, 0.2) is 52.6 Å². The van der Waals surface area contributed by atoms with Gasteiger partial charge in [0.1, 0.15) is 5.75 Å². The van der Waals surface area contributed by atoms with E-state index in [4.69, 9.17) is 16.3 Å². The molecular formula is C21H19BrClN5O2S. The van der Waals surface area contributed by atoms with Gasteiger partial charge in [0, 0.05) is 4.47 Å². The molecule has 0 saturated carbocycles. The molecule has 10 heteroatoms. The van der Waals surface area contributed by atoms with Crippen LogP contribution in [0.4, 0.5) is 5.69 Å². The van der Waals surface area contributed by atoms with Crippen LogP contribution in [0.5, 0.6) is 5.75 Å². The third-order valence-corrected chi connectivity index (χ3v) is 6.62. The number of aromatic nitrogens is 4. The highest BCUT2D eigenvalue weighted by molar-refractivity contribution is 9.10. The van der Waals surface area contributed by atoms with Crippen molar-refractivity contribution in [2.24, 2.45) is 0 Å². The van der Waals surface area contributed by atoms with Crippen molar-refractivity contribution in [1.29, 1.82) is 0 Å². The third-order valence-electron chi connectivity index (χ3n) is 4.57. The van der Waals surface area contributed by atoms with Crippen LogP contribution in [0.1, 0.15) is 26.6 Å². The van der Waals surface area contributed by atoms with E-state index >= 15 is 0 Å². The number of anilines is 1. The summed E-state index contributed by atoms with van der Waals surface area (Å²) in [5.74, 6) is 0.551. The Morgan fingerprint density at radius 3 is 2.77 bits per heavy atom. The van der Waals surface area contributed by atoms with Gasteiger partial charge in [0.15, 0.2) is 6.73 Å². The van der Waals surface area contributed by atoms with Crippen molar-refractivity contribution in [3.05, 3.63) is 79.4 Å². The van der Waals surface area contributed by atoms with Crippen LogP contribution >= 0.6 is 38.9 Å². The number of hydrogen-bond acceptors (Lipinski definition) is 5. The zero-order valence-electron chi connectivity index (χ0n) is 16.8. The number of halogens is 2. The van der Waals surface area contributed by atoms with Crippen LogP contribution in [0.2, 0.25) is 5.02 Å². The summed E-state index contributed by atoms with van der Waals surface area (Å²) in [7, 11) is 0. The molecule has 0 bridgehead atoms. The van der Waals surface area contributed by atoms with E-state index in [-0.39, 0.29) is 12.6 Å². The van der Waals surface area contributed by atoms with E-state index in [0.29, 0.717) is 22.1 Å². The highest BCUT2D eigenvalue weighted by Gasteiger charge is 2.14. The maximum atomic E-state index is 12.6. The minimum absolute atomic E-state index is 0.184. The van der Waals surface area contributed by atoms with Gasteiger partial charge >= 0.3 is 0 Å². The largest absolute Gasteiger partial charge is 0.471 e. The molecule has 1 aromatic carbocycles. The molecular weight excluding hydrogens is 502 g/mol. The van der Waals surface area contributed by atoms with E-state index in [1.807, 2.05) is 54.2 Å². The number of thiophene rings is 1. The van der Waals surface area contributed by atoms with Gasteiger partial charge < -0.3 is 10.1 Å². The van der Waals surface area contributed by atoms with Gasteiger partial charge in [-0.2, -0.15) is 10.2 Å². The second-order valence-electron chi connectivity index (χ2n) is 6.91. The second kappa shape index (κ2) is 9.25. The molecule has 0 aliphatic rings. The van der Waals surface area contributed by atoms with Gasteiger partial charge in [0.2, 0.25) is 0 Å². The minimum atomic E-state index is -0.184. The molecule has 0 aliphatic heterocycles. The molecule has 1 amide bonds. The molecule has 3 aromatic heterocycles. The van der Waals surface area contributed by atoms with E-state index in [2.05, 4.69) is 31.4 Å². The lowest BCUT2D eigenvalue weighted by Gasteiger charge is -2.05. The molecule has 4 aromatic rings. The van der Waals surface area contributed by atoms with Gasteiger partial charge in [-0.3, -0.25) is 9.48 Å². The number of amides is 1. The van der Waals surface area contributed by atoms with Crippen molar-refractivity contribution in [3.8, 4) is 5.75 Å². The summed E-state index contributed by atoms with van der Waals surface area (Å²) in [6.45, 7) is 4.61. The monoisotopic (exact) mass is 519 g/mol. The summed E-state index contributed by atoms with van der Waals surface area (Å²) in [6, 6.07) is 9.41. The first kappa shape index (κ1) is 21.6. The summed E-state index contributed by atoms with van der Waals surface area (Å²) in [5.41, 5.74) is 3.31. The Morgan fingerprint density at radius 1 is 1.29 bits per heavy atom. The molecule has 0 fully saturated rings. The van der Waals surface area contributed by atoms with Crippen LogP contribution in [0.25, 0.3) is 0 Å². The smallest absolute Gasteiger partial charge is 0.265 e. The minimum Gasteiger partial charge on any atom is -0.471 e. The lowest BCUT2D eigenvalue weighted by molar-refractivity contribution is 0.103. The number of nitrogens with zero attached hydrogens (tertiary/aromatic N) is 4. The quantitative estimate of drug-likeness (QED) is 0.349. The Labute approximate surface area is 196 Å². The molecule has 0 atom stereocenters. The SMILES string of the molecule is Cc1nn(Cc2csc(C(=O)Nc3cnn(COc4ccc(Br)cc4)c3)c2)c(C)c1Cl. The van der Waals surface area contributed by atoms with Gasteiger partial charge in [-0.05, 0) is 55.1 Å². The number of carbonyl (C=O) groups is 1. The number of ether oxygens (including phenoxy) is 1. The van der Waals surface area contributed by atoms with Crippen LogP contribution in [-0.4, -0.2) is 25.5 Å². The summed E-state index contributed by atoms with van der Waals surface area (Å²) >= 11 is 11.0. The predicted octanol–water partition coefficient (Wildman–Crippen LogP) is 5.51. The van der Waals surface area contributed by atoms with E-state index < -0.39 is 0 Å². The van der Waals surface area contributed by atoms with Gasteiger partial charge in [0.05, 0.1) is 45.9 Å². The summed E-state index contributed by atoms with van der Waals surface area (Å²) < 4.78 is 10.1. The van der Waals surface area contributed by atoms with Gasteiger partial charge in [0.25, 0.3) is 5.91 Å². The Kier molecular flexibility index (Phi) is 6.45. The lowest BCUT2D eigenvalue weighted by atomic mass is 10.3. The first-order chi connectivity index (χ1) is 14.9. The molecule has 7 nitrogen and oxygen atoms in total. The second-order valence-corrected chi connectivity index (χ2v) is 9.12. The molecule has 4 rings (SSSR count). The molecule has 160 valence electrons. The number of rotatable bonds is 7. The number of hydrogen-bond donors (Lipinski definition) is 1. The van der Waals surface area contributed by atoms with Crippen LogP contribution in [0, 0.1) is 13.8 Å². The van der Waals surface area contributed by atoms with Crippen molar-refractivity contribution in [1.82, 2.24) is 19.6 Å². The zero-order chi connectivity index (χ0) is 22.0. The van der Waals surface area contributed by atoms with Crippen molar-refractivity contribution >= 4 is 50.5 Å². The van der Waals surface area contributed by atoms with E-state index in [9.17, 15) is 4.79 Å². The average Bonchev–Trinajstić information content (AvgIpc) is 3.46. The molecule has 0 saturated heterocycles. The average molecular weight is 521 g/mol. The van der Waals surface area contributed by atoms with Crippen LogP contribution < -0.4 is 10.1 Å². The summed E-state index contributed by atoms with van der Waals surface area (Å²) in [4.78, 5) is 13.2. The van der Waals surface area contributed by atoms with Crippen LogP contribution in [0.3, 0.4) is 0 Å². The van der Waals surface area contributed by atoms with Crippen molar-refractivity contribution in [2.45, 2.75) is 27.1 Å². The fourth-order valence-corrected chi connectivity index (χ4v) is 4.14. The standard InChI is InChI=1S/C21H19BrClN5O2S/c1-13-20(23)14(2)28(26-13)9-15-7-19(31-11-15)21(29)25-17-8-24-27(10-17)12-30-18-5-3-16(22)4-6-18/h3-8,10-11H,9,12H2,1-2H3,(H,25,29). The number of benzene rings is 1. The maximum absolute atomic E-state index is 12.6. The maximum Gasteiger partial charge on any atom is 0.265 e. The summed E-state index contributed by atoms with van der Waals surface area (Å²) in [6.07, 6.45) is 3.32. The molecule has 0 aliphatic carbocycles. The third kappa shape index (κ3) is 5.17. The fraction of sp³-hybridized carbons (Fsp3) is 0.190. The highest BCUT2D eigenvalue weighted by Crippen LogP contribution is 2.22.